The molecule has 0 aliphatic rings. The zero-order chi connectivity index (χ0) is 11.6. The zero-order valence-corrected chi connectivity index (χ0v) is 8.61. The summed E-state index contributed by atoms with van der Waals surface area (Å²) >= 11 is 5.64. The second kappa shape index (κ2) is 4.27. The molecular formula is C9H8ClNO4. The highest BCUT2D eigenvalue weighted by Crippen LogP contribution is 2.27. The number of nitro benzene ring substituents is 1. The number of rotatable bonds is 3. The fourth-order valence-corrected chi connectivity index (χ4v) is 1.49. The summed E-state index contributed by atoms with van der Waals surface area (Å²) in [6, 6.07) is 2.60. The van der Waals surface area contributed by atoms with Gasteiger partial charge in [-0.1, -0.05) is 11.6 Å². The number of benzene rings is 1. The van der Waals surface area contributed by atoms with E-state index in [2.05, 4.69) is 0 Å². The van der Waals surface area contributed by atoms with Gasteiger partial charge in [0.1, 0.15) is 5.02 Å². The Morgan fingerprint density at radius 1 is 1.60 bits per heavy atom. The predicted octanol–water partition coefficient (Wildman–Crippen LogP) is 2.18. The molecule has 0 saturated heterocycles. The van der Waals surface area contributed by atoms with Gasteiger partial charge in [0.05, 0.1) is 11.3 Å². The van der Waals surface area contributed by atoms with E-state index in [0.29, 0.717) is 11.1 Å². The van der Waals surface area contributed by atoms with Gasteiger partial charge in [0.15, 0.2) is 0 Å². The molecule has 5 nitrogen and oxygen atoms in total. The zero-order valence-electron chi connectivity index (χ0n) is 7.86. The van der Waals surface area contributed by atoms with Crippen LogP contribution in [-0.4, -0.2) is 16.0 Å². The Bertz CT molecular complexity index is 430. The molecule has 0 unspecified atom stereocenters. The quantitative estimate of drug-likeness (QED) is 0.636. The van der Waals surface area contributed by atoms with Crippen LogP contribution in [0.4, 0.5) is 5.69 Å². The van der Waals surface area contributed by atoms with Crippen LogP contribution < -0.4 is 0 Å². The molecule has 0 spiro atoms. The molecule has 0 atom stereocenters. The first-order chi connectivity index (χ1) is 6.91. The van der Waals surface area contributed by atoms with E-state index in [1.54, 1.807) is 6.92 Å². The average molecular weight is 230 g/mol. The van der Waals surface area contributed by atoms with E-state index in [1.807, 2.05) is 0 Å². The summed E-state index contributed by atoms with van der Waals surface area (Å²) in [6.45, 7) is 1.66. The Kier molecular flexibility index (Phi) is 3.26. The fraction of sp³-hybridized carbons (Fsp3) is 0.222. The highest BCUT2D eigenvalue weighted by atomic mass is 35.5. The van der Waals surface area contributed by atoms with Crippen molar-refractivity contribution in [3.63, 3.8) is 0 Å². The fourth-order valence-electron chi connectivity index (χ4n) is 1.20. The van der Waals surface area contributed by atoms with Crippen molar-refractivity contribution >= 4 is 23.3 Å². The standard InChI is InChI=1S/C9H8ClNO4/c1-5-2-7(10)8(11(14)15)3-6(5)4-9(12)13/h2-3H,4H2,1H3,(H,12,13). The molecular weight excluding hydrogens is 222 g/mol. The molecule has 0 fully saturated rings. The smallest absolute Gasteiger partial charge is 0.307 e. The molecule has 0 saturated carbocycles. The van der Waals surface area contributed by atoms with E-state index >= 15 is 0 Å². The molecule has 15 heavy (non-hydrogen) atoms. The Balaban J connectivity index is 3.23. The highest BCUT2D eigenvalue weighted by Gasteiger charge is 2.16. The van der Waals surface area contributed by atoms with Crippen molar-refractivity contribution < 1.29 is 14.8 Å². The summed E-state index contributed by atoms with van der Waals surface area (Å²) in [7, 11) is 0. The molecule has 1 aromatic carbocycles. The van der Waals surface area contributed by atoms with Crippen LogP contribution in [0.25, 0.3) is 0 Å². The van der Waals surface area contributed by atoms with Gasteiger partial charge >= 0.3 is 5.97 Å². The third kappa shape index (κ3) is 2.66. The summed E-state index contributed by atoms with van der Waals surface area (Å²) in [6.07, 6.45) is -0.246. The molecule has 1 rings (SSSR count). The molecule has 0 bridgehead atoms. The largest absolute Gasteiger partial charge is 0.481 e. The third-order valence-electron chi connectivity index (χ3n) is 1.94. The van der Waals surface area contributed by atoms with E-state index in [0.717, 1.165) is 0 Å². The molecule has 0 aliphatic carbocycles. The number of carboxylic acids is 1. The number of nitrogens with zero attached hydrogens (tertiary/aromatic N) is 1. The first kappa shape index (κ1) is 11.5. The number of hydrogen-bond acceptors (Lipinski definition) is 3. The van der Waals surface area contributed by atoms with E-state index in [4.69, 9.17) is 16.7 Å². The number of nitro groups is 1. The van der Waals surface area contributed by atoms with Crippen LogP contribution in [0.3, 0.4) is 0 Å². The summed E-state index contributed by atoms with van der Waals surface area (Å²) < 4.78 is 0. The van der Waals surface area contributed by atoms with Crippen LogP contribution in [-0.2, 0) is 11.2 Å². The third-order valence-corrected chi connectivity index (χ3v) is 2.25. The maximum atomic E-state index is 10.5. The van der Waals surface area contributed by atoms with Gasteiger partial charge in [-0.2, -0.15) is 0 Å². The van der Waals surface area contributed by atoms with Gasteiger partial charge < -0.3 is 5.11 Å². The van der Waals surface area contributed by atoms with Crippen LogP contribution in [0.2, 0.25) is 5.02 Å². The minimum absolute atomic E-state index is 0.0200. The monoisotopic (exact) mass is 229 g/mol. The maximum absolute atomic E-state index is 10.5. The van der Waals surface area contributed by atoms with Gasteiger partial charge in [0.25, 0.3) is 5.69 Å². The summed E-state index contributed by atoms with van der Waals surface area (Å²) in [5, 5.41) is 19.2. The lowest BCUT2D eigenvalue weighted by atomic mass is 10.1. The van der Waals surface area contributed by atoms with Crippen LogP contribution in [0, 0.1) is 17.0 Å². The van der Waals surface area contributed by atoms with Crippen molar-refractivity contribution in [3.8, 4) is 0 Å². The lowest BCUT2D eigenvalue weighted by Crippen LogP contribution is -2.03. The summed E-state index contributed by atoms with van der Waals surface area (Å²) in [5.41, 5.74) is 0.769. The molecule has 1 N–H and O–H groups in total. The van der Waals surface area contributed by atoms with E-state index in [1.165, 1.54) is 12.1 Å². The van der Waals surface area contributed by atoms with Crippen LogP contribution in [0.1, 0.15) is 11.1 Å². The Morgan fingerprint density at radius 3 is 2.67 bits per heavy atom. The summed E-state index contributed by atoms with van der Waals surface area (Å²) in [5.74, 6) is -1.03. The normalized spacial score (nSPS) is 10.0. The topological polar surface area (TPSA) is 80.4 Å². The van der Waals surface area contributed by atoms with E-state index in [-0.39, 0.29) is 17.1 Å². The summed E-state index contributed by atoms with van der Waals surface area (Å²) in [4.78, 5) is 20.4. The number of carboxylic acid groups (broad SMARTS) is 1. The van der Waals surface area contributed by atoms with Crippen LogP contribution >= 0.6 is 11.6 Å². The molecule has 6 heteroatoms. The first-order valence-electron chi connectivity index (χ1n) is 4.07. The number of halogens is 1. The van der Waals surface area contributed by atoms with Crippen LogP contribution in [0.15, 0.2) is 12.1 Å². The van der Waals surface area contributed by atoms with Crippen molar-refractivity contribution in [1.29, 1.82) is 0 Å². The molecule has 0 aromatic heterocycles. The molecule has 0 radical (unpaired) electrons. The van der Waals surface area contributed by atoms with Gasteiger partial charge in [-0.15, -0.1) is 0 Å². The van der Waals surface area contributed by atoms with Gasteiger partial charge in [0.2, 0.25) is 0 Å². The molecule has 0 heterocycles. The highest BCUT2D eigenvalue weighted by molar-refractivity contribution is 6.32. The van der Waals surface area contributed by atoms with Crippen molar-refractivity contribution in [3.05, 3.63) is 38.4 Å². The SMILES string of the molecule is Cc1cc(Cl)c([N+](=O)[O-])cc1CC(=O)O. The number of carbonyl (C=O) groups is 1. The van der Waals surface area contributed by atoms with Gasteiger partial charge in [-0.3, -0.25) is 14.9 Å². The van der Waals surface area contributed by atoms with Crippen molar-refractivity contribution in [2.75, 3.05) is 0 Å². The van der Waals surface area contributed by atoms with Crippen LogP contribution in [0.5, 0.6) is 0 Å². The maximum Gasteiger partial charge on any atom is 0.307 e. The molecule has 0 amide bonds. The second-order valence-electron chi connectivity index (χ2n) is 3.06. The number of aryl methyl sites for hydroxylation is 1. The lowest BCUT2D eigenvalue weighted by molar-refractivity contribution is -0.384. The van der Waals surface area contributed by atoms with E-state index in [9.17, 15) is 14.9 Å². The first-order valence-corrected chi connectivity index (χ1v) is 4.45. The number of aliphatic carboxylic acids is 1. The molecule has 1 aromatic rings. The minimum Gasteiger partial charge on any atom is -0.481 e. The Labute approximate surface area is 90.4 Å². The molecule has 0 aliphatic heterocycles. The number of hydrogen-bond donors (Lipinski definition) is 1. The average Bonchev–Trinajstić information content (AvgIpc) is 2.08. The minimum atomic E-state index is -1.03. The lowest BCUT2D eigenvalue weighted by Gasteiger charge is -2.04. The predicted molar refractivity (Wildman–Crippen MR) is 54.2 cm³/mol. The van der Waals surface area contributed by atoms with Crippen molar-refractivity contribution in [2.24, 2.45) is 0 Å². The second-order valence-corrected chi connectivity index (χ2v) is 3.46. The van der Waals surface area contributed by atoms with E-state index < -0.39 is 10.9 Å². The molecule has 80 valence electrons. The van der Waals surface area contributed by atoms with Gasteiger partial charge in [-0.05, 0) is 24.1 Å². The van der Waals surface area contributed by atoms with Gasteiger partial charge in [-0.25, -0.2) is 0 Å². The van der Waals surface area contributed by atoms with Crippen molar-refractivity contribution in [1.82, 2.24) is 0 Å². The Hall–Kier alpha value is -1.62. The Morgan fingerprint density at radius 2 is 2.20 bits per heavy atom. The van der Waals surface area contributed by atoms with Crippen molar-refractivity contribution in [2.45, 2.75) is 13.3 Å². The van der Waals surface area contributed by atoms with Gasteiger partial charge in [0, 0.05) is 6.07 Å².